The van der Waals surface area contributed by atoms with Gasteiger partial charge in [-0.1, -0.05) is 0 Å². The molecule has 2 saturated carbocycles. The van der Waals surface area contributed by atoms with Crippen molar-refractivity contribution in [1.82, 2.24) is 0 Å². The molecule has 0 bridgehead atoms. The van der Waals surface area contributed by atoms with Gasteiger partial charge in [0.1, 0.15) is 24.7 Å². The molecule has 2 heterocycles. The summed E-state index contributed by atoms with van der Waals surface area (Å²) in [4.78, 5) is 22.8. The molecule has 2 saturated heterocycles. The van der Waals surface area contributed by atoms with Gasteiger partial charge < -0.3 is 59.8 Å². The lowest BCUT2D eigenvalue weighted by atomic mass is 9.72. The number of aliphatic hydroxyl groups is 7. The van der Waals surface area contributed by atoms with E-state index in [2.05, 4.69) is 0 Å². The molecule has 2 aliphatic carbocycles. The van der Waals surface area contributed by atoms with Crippen LogP contribution in [0.2, 0.25) is 0 Å². The average molecular weight is 551 g/mol. The van der Waals surface area contributed by atoms with Gasteiger partial charge in [-0.25, -0.2) is 0 Å². The fourth-order valence-electron chi connectivity index (χ4n) is 6.20. The van der Waals surface area contributed by atoms with E-state index >= 15 is 0 Å². The Bertz CT molecular complexity index is 826. The van der Waals surface area contributed by atoms with Crippen LogP contribution in [0.15, 0.2) is 0 Å². The molecule has 4 fully saturated rings. The van der Waals surface area contributed by atoms with E-state index in [4.69, 9.17) is 24.1 Å². The van der Waals surface area contributed by atoms with Crippen LogP contribution in [0, 0.1) is 11.8 Å². The van der Waals surface area contributed by atoms with Crippen molar-refractivity contribution in [3.8, 4) is 0 Å². The standard InChI is InChI=1S/C24H38O14/c25-8-17-20(33)23(38-19(32)7-18(30)31)21(34)24(37-17)36-16-6-11-13(28)4-10(26)5-15(11)35-22(16)9-1-2-12(27)14(29)3-9/h9-17,20-29,33-34H,1-8H2,(H,30,31). The Morgan fingerprint density at radius 3 is 2.24 bits per heavy atom. The molecule has 0 aromatic carbocycles. The number of carbonyl (C=O) groups is 2. The lowest BCUT2D eigenvalue weighted by Gasteiger charge is -2.51. The van der Waals surface area contributed by atoms with Crippen molar-refractivity contribution in [3.05, 3.63) is 0 Å². The number of carbonyl (C=O) groups excluding carboxylic acids is 1. The smallest absolute Gasteiger partial charge is 0.317 e. The first kappa shape index (κ1) is 29.5. The molecule has 38 heavy (non-hydrogen) atoms. The molecule has 8 N–H and O–H groups in total. The third kappa shape index (κ3) is 6.46. The van der Waals surface area contributed by atoms with Gasteiger partial charge in [-0.15, -0.1) is 0 Å². The molecule has 0 amide bonds. The van der Waals surface area contributed by atoms with Crippen LogP contribution >= 0.6 is 0 Å². The minimum absolute atomic E-state index is 0.152. The number of carboxylic acids is 1. The number of hydrogen-bond acceptors (Lipinski definition) is 13. The first-order valence-corrected chi connectivity index (χ1v) is 13.0. The van der Waals surface area contributed by atoms with Crippen LogP contribution in [0.4, 0.5) is 0 Å². The molecule has 218 valence electrons. The maximum absolute atomic E-state index is 12.0. The second kappa shape index (κ2) is 12.4. The fourth-order valence-corrected chi connectivity index (χ4v) is 6.20. The molecule has 14 unspecified atom stereocenters. The molecule has 0 radical (unpaired) electrons. The van der Waals surface area contributed by atoms with Gasteiger partial charge in [0.05, 0.1) is 49.3 Å². The lowest BCUT2D eigenvalue weighted by molar-refractivity contribution is -0.334. The number of hydrogen-bond donors (Lipinski definition) is 8. The molecular weight excluding hydrogens is 512 g/mol. The molecule has 4 aliphatic rings. The van der Waals surface area contributed by atoms with Crippen molar-refractivity contribution in [2.45, 2.75) is 118 Å². The highest BCUT2D eigenvalue weighted by atomic mass is 16.7. The number of esters is 1. The first-order chi connectivity index (χ1) is 18.0. The van der Waals surface area contributed by atoms with Crippen LogP contribution in [0.5, 0.6) is 0 Å². The summed E-state index contributed by atoms with van der Waals surface area (Å²) < 4.78 is 23.0. The lowest BCUT2D eigenvalue weighted by Crippen LogP contribution is -2.63. The van der Waals surface area contributed by atoms with Gasteiger partial charge in [0, 0.05) is 5.92 Å². The molecule has 4 rings (SSSR count). The monoisotopic (exact) mass is 550 g/mol. The zero-order valence-corrected chi connectivity index (χ0v) is 20.8. The van der Waals surface area contributed by atoms with Crippen LogP contribution in [-0.2, 0) is 28.5 Å². The van der Waals surface area contributed by atoms with Crippen LogP contribution < -0.4 is 0 Å². The van der Waals surface area contributed by atoms with E-state index in [1.807, 2.05) is 0 Å². The van der Waals surface area contributed by atoms with Gasteiger partial charge in [-0.3, -0.25) is 9.59 Å². The van der Waals surface area contributed by atoms with Crippen LogP contribution in [0.3, 0.4) is 0 Å². The summed E-state index contributed by atoms with van der Waals surface area (Å²) in [7, 11) is 0. The highest BCUT2D eigenvalue weighted by molar-refractivity contribution is 5.90. The third-order valence-electron chi connectivity index (χ3n) is 8.17. The number of rotatable bonds is 7. The summed E-state index contributed by atoms with van der Waals surface area (Å²) in [6.07, 6.45) is -12.7. The second-order valence-electron chi connectivity index (χ2n) is 10.8. The van der Waals surface area contributed by atoms with Crippen molar-refractivity contribution in [3.63, 3.8) is 0 Å². The topological polar surface area (TPSA) is 233 Å². The van der Waals surface area contributed by atoms with Gasteiger partial charge in [0.25, 0.3) is 0 Å². The molecule has 0 aromatic rings. The van der Waals surface area contributed by atoms with E-state index in [0.717, 1.165) is 0 Å². The molecule has 14 atom stereocenters. The Morgan fingerprint density at radius 2 is 1.58 bits per heavy atom. The Kier molecular flexibility index (Phi) is 9.61. The van der Waals surface area contributed by atoms with E-state index in [0.29, 0.717) is 19.3 Å². The summed E-state index contributed by atoms with van der Waals surface area (Å²) in [5.74, 6) is -3.37. The van der Waals surface area contributed by atoms with Crippen LogP contribution in [-0.4, -0.2) is 133 Å². The number of aliphatic carboxylic acids is 1. The molecule has 2 aliphatic heterocycles. The van der Waals surface area contributed by atoms with Crippen LogP contribution in [0.25, 0.3) is 0 Å². The van der Waals surface area contributed by atoms with Crippen molar-refractivity contribution in [1.29, 1.82) is 0 Å². The summed E-state index contributed by atoms with van der Waals surface area (Å²) >= 11 is 0. The SMILES string of the molecule is O=C(O)CC(=O)OC1C(O)C(CO)OC(OC2CC3C(O)CC(O)CC3OC2C2CCC(O)C(O)C2)C1O. The summed E-state index contributed by atoms with van der Waals surface area (Å²) in [6, 6.07) is 0. The summed E-state index contributed by atoms with van der Waals surface area (Å²) in [6.45, 7) is -0.723. The quantitative estimate of drug-likeness (QED) is 0.117. The Hall–Kier alpha value is -1.46. The average Bonchev–Trinajstić information content (AvgIpc) is 2.84. The van der Waals surface area contributed by atoms with Crippen molar-refractivity contribution >= 4 is 11.9 Å². The normalized spacial score (nSPS) is 47.7. The Labute approximate surface area is 218 Å². The van der Waals surface area contributed by atoms with Gasteiger partial charge in [0.2, 0.25) is 0 Å². The predicted octanol–water partition coefficient (Wildman–Crippen LogP) is -2.99. The second-order valence-corrected chi connectivity index (χ2v) is 10.8. The number of aliphatic hydroxyl groups excluding tert-OH is 7. The van der Waals surface area contributed by atoms with Crippen molar-refractivity contribution < 1.29 is 69.4 Å². The van der Waals surface area contributed by atoms with Crippen LogP contribution in [0.1, 0.15) is 44.9 Å². The third-order valence-corrected chi connectivity index (χ3v) is 8.17. The number of carboxylic acid groups (broad SMARTS) is 1. The Balaban J connectivity index is 1.54. The predicted molar refractivity (Wildman–Crippen MR) is 122 cm³/mol. The highest BCUT2D eigenvalue weighted by Gasteiger charge is 2.52. The van der Waals surface area contributed by atoms with Crippen molar-refractivity contribution in [2.75, 3.05) is 6.61 Å². The fraction of sp³-hybridized carbons (Fsp3) is 0.917. The van der Waals surface area contributed by atoms with Crippen molar-refractivity contribution in [2.24, 2.45) is 11.8 Å². The van der Waals surface area contributed by atoms with Gasteiger partial charge in [0.15, 0.2) is 12.4 Å². The Morgan fingerprint density at radius 1 is 0.842 bits per heavy atom. The van der Waals surface area contributed by atoms with E-state index in [9.17, 15) is 45.3 Å². The van der Waals surface area contributed by atoms with Gasteiger partial charge in [-0.2, -0.15) is 0 Å². The first-order valence-electron chi connectivity index (χ1n) is 13.0. The summed E-state index contributed by atoms with van der Waals surface area (Å²) in [5.41, 5.74) is 0. The molecule has 0 aromatic heterocycles. The minimum Gasteiger partial charge on any atom is -0.481 e. The highest BCUT2D eigenvalue weighted by Crippen LogP contribution is 2.43. The maximum Gasteiger partial charge on any atom is 0.317 e. The van der Waals surface area contributed by atoms with E-state index < -0.39 is 104 Å². The molecule has 0 spiro atoms. The minimum atomic E-state index is -1.76. The zero-order chi connectivity index (χ0) is 27.7. The zero-order valence-electron chi connectivity index (χ0n) is 20.8. The molecule has 14 nitrogen and oxygen atoms in total. The van der Waals surface area contributed by atoms with Gasteiger partial charge >= 0.3 is 11.9 Å². The van der Waals surface area contributed by atoms with E-state index in [1.54, 1.807) is 0 Å². The van der Waals surface area contributed by atoms with E-state index in [1.165, 1.54) is 0 Å². The van der Waals surface area contributed by atoms with Gasteiger partial charge in [-0.05, 0) is 44.4 Å². The maximum atomic E-state index is 12.0. The summed E-state index contributed by atoms with van der Waals surface area (Å²) in [5, 5.41) is 81.0. The molecule has 14 heteroatoms. The molecular formula is C24H38O14. The number of ether oxygens (including phenoxy) is 4. The number of fused-ring (bicyclic) bond motifs is 1. The van der Waals surface area contributed by atoms with E-state index in [-0.39, 0.29) is 25.2 Å². The largest absolute Gasteiger partial charge is 0.481 e.